The van der Waals surface area contributed by atoms with E-state index in [9.17, 15) is 13.2 Å². The summed E-state index contributed by atoms with van der Waals surface area (Å²) >= 11 is -2.11. The SMILES string of the molecule is FC(F)(F)c1ccc([O][Zn][O][Si](c2ccccc2)(c2ccccc2)c2ccccc2)cc1. The van der Waals surface area contributed by atoms with Crippen LogP contribution < -0.4 is 19.1 Å². The third-order valence-electron chi connectivity index (χ3n) is 5.22. The van der Waals surface area contributed by atoms with Crippen LogP contribution in [0.4, 0.5) is 13.2 Å². The summed E-state index contributed by atoms with van der Waals surface area (Å²) < 4.78 is 51.2. The molecular weight excluding hydrogens is 483 g/mol. The van der Waals surface area contributed by atoms with Crippen molar-refractivity contribution in [2.45, 2.75) is 6.18 Å². The molecule has 0 aliphatic rings. The van der Waals surface area contributed by atoms with E-state index in [0.717, 1.165) is 27.7 Å². The second kappa shape index (κ2) is 9.82. The maximum absolute atomic E-state index is 12.8. The molecule has 0 atom stereocenters. The Morgan fingerprint density at radius 1 is 0.562 bits per heavy atom. The van der Waals surface area contributed by atoms with Gasteiger partial charge in [0.15, 0.2) is 0 Å². The van der Waals surface area contributed by atoms with Crippen LogP contribution in [-0.2, 0) is 27.3 Å². The van der Waals surface area contributed by atoms with Gasteiger partial charge in [0, 0.05) is 0 Å². The molecule has 0 N–H and O–H groups in total. The summed E-state index contributed by atoms with van der Waals surface area (Å²) in [6.07, 6.45) is -4.37. The molecule has 0 fully saturated rings. The monoisotopic (exact) mass is 500 g/mol. The van der Waals surface area contributed by atoms with Crippen LogP contribution in [0.25, 0.3) is 0 Å². The Morgan fingerprint density at radius 3 is 1.34 bits per heavy atom. The molecule has 0 amide bonds. The quantitative estimate of drug-likeness (QED) is 0.270. The molecule has 4 rings (SSSR count). The van der Waals surface area contributed by atoms with Crippen LogP contribution in [0.15, 0.2) is 115 Å². The molecule has 0 radical (unpaired) electrons. The molecule has 0 heterocycles. The number of hydrogen-bond donors (Lipinski definition) is 0. The topological polar surface area (TPSA) is 18.5 Å². The Hall–Kier alpha value is -2.73. The van der Waals surface area contributed by atoms with Gasteiger partial charge in [-0.05, 0) is 0 Å². The molecule has 0 saturated carbocycles. The molecule has 0 bridgehead atoms. The van der Waals surface area contributed by atoms with Crippen molar-refractivity contribution >= 4 is 23.9 Å². The predicted molar refractivity (Wildman–Crippen MR) is 117 cm³/mol. The minimum absolute atomic E-state index is 0.398. The standard InChI is InChI=1S/C18H15OSi.C7H5F3O.Zn/c19-20(16-10-4-1-5-11-16,17-12-6-2-7-13-17)18-14-8-3-9-15-18;8-7(9,10)5-1-3-6(11)4-2-5;/h1-15H;1-4,11H;/q-1;;+2/p-1. The van der Waals surface area contributed by atoms with E-state index in [2.05, 4.69) is 36.4 Å². The van der Waals surface area contributed by atoms with Gasteiger partial charge in [0.1, 0.15) is 0 Å². The van der Waals surface area contributed by atoms with Crippen LogP contribution in [0.3, 0.4) is 0 Å². The van der Waals surface area contributed by atoms with E-state index in [1.165, 1.54) is 12.1 Å². The molecule has 0 spiro atoms. The summed E-state index contributed by atoms with van der Waals surface area (Å²) in [5.74, 6) is 0.398. The fourth-order valence-electron chi connectivity index (χ4n) is 3.69. The molecule has 0 aliphatic heterocycles. The van der Waals surface area contributed by atoms with Gasteiger partial charge < -0.3 is 0 Å². The zero-order chi connectivity index (χ0) is 22.4. The van der Waals surface area contributed by atoms with E-state index in [4.69, 9.17) is 6.82 Å². The van der Waals surface area contributed by atoms with Gasteiger partial charge in [0.25, 0.3) is 0 Å². The third-order valence-corrected chi connectivity index (χ3v) is 13.6. The van der Waals surface area contributed by atoms with Crippen molar-refractivity contribution in [3.8, 4) is 5.75 Å². The maximum atomic E-state index is 12.8. The molecule has 7 heteroatoms. The normalized spacial score (nSPS) is 11.6. The van der Waals surface area contributed by atoms with Crippen molar-refractivity contribution in [1.29, 1.82) is 0 Å². The number of rotatable bonds is 7. The average molecular weight is 502 g/mol. The van der Waals surface area contributed by atoms with Crippen molar-refractivity contribution < 1.29 is 37.8 Å². The number of halogens is 3. The summed E-state index contributed by atoms with van der Waals surface area (Å²) in [6.45, 7) is 0. The summed E-state index contributed by atoms with van der Waals surface area (Å²) in [6, 6.07) is 35.1. The van der Waals surface area contributed by atoms with Gasteiger partial charge in [-0.1, -0.05) is 0 Å². The van der Waals surface area contributed by atoms with Gasteiger partial charge in [-0.3, -0.25) is 0 Å². The van der Waals surface area contributed by atoms with Gasteiger partial charge in [0.2, 0.25) is 0 Å². The molecule has 0 unspecified atom stereocenters. The van der Waals surface area contributed by atoms with Crippen molar-refractivity contribution in [1.82, 2.24) is 0 Å². The van der Waals surface area contributed by atoms with Gasteiger partial charge >= 0.3 is 194 Å². The van der Waals surface area contributed by atoms with E-state index in [1.54, 1.807) is 0 Å². The van der Waals surface area contributed by atoms with Crippen molar-refractivity contribution in [3.05, 3.63) is 121 Å². The Kier molecular flexibility index (Phi) is 6.89. The summed E-state index contributed by atoms with van der Waals surface area (Å²) in [7, 11) is -2.84. The third kappa shape index (κ3) is 4.85. The van der Waals surface area contributed by atoms with E-state index in [-0.39, 0.29) is 0 Å². The first kappa shape index (κ1) is 22.5. The van der Waals surface area contributed by atoms with Crippen LogP contribution in [0.1, 0.15) is 5.56 Å². The summed E-state index contributed by atoms with van der Waals surface area (Å²) in [5, 5.41) is 3.29. The Morgan fingerprint density at radius 2 is 0.969 bits per heavy atom. The van der Waals surface area contributed by atoms with Gasteiger partial charge in [-0.15, -0.1) is 0 Å². The minimum atomic E-state index is -4.37. The Balaban J connectivity index is 1.68. The molecule has 2 nitrogen and oxygen atoms in total. The Bertz CT molecular complexity index is 1030. The first-order valence-electron chi connectivity index (χ1n) is 10.1. The van der Waals surface area contributed by atoms with Crippen LogP contribution in [-0.4, -0.2) is 8.32 Å². The van der Waals surface area contributed by atoms with Crippen LogP contribution in [0.5, 0.6) is 5.75 Å². The fourth-order valence-corrected chi connectivity index (χ4v) is 12.7. The fraction of sp³-hybridized carbons (Fsp3) is 0.0400. The van der Waals surface area contributed by atoms with Crippen LogP contribution >= 0.6 is 0 Å². The Labute approximate surface area is 194 Å². The average Bonchev–Trinajstić information content (AvgIpc) is 2.83. The summed E-state index contributed by atoms with van der Waals surface area (Å²) in [4.78, 5) is 0. The van der Waals surface area contributed by atoms with Gasteiger partial charge in [-0.25, -0.2) is 0 Å². The first-order chi connectivity index (χ1) is 15.5. The summed E-state index contributed by atoms with van der Waals surface area (Å²) in [5.41, 5.74) is -0.695. The van der Waals surface area contributed by atoms with E-state index >= 15 is 0 Å². The molecule has 32 heavy (non-hydrogen) atoms. The van der Waals surface area contributed by atoms with E-state index in [1.807, 2.05) is 54.6 Å². The molecule has 0 aliphatic carbocycles. The van der Waals surface area contributed by atoms with Gasteiger partial charge in [0.05, 0.1) is 0 Å². The zero-order valence-electron chi connectivity index (χ0n) is 17.1. The zero-order valence-corrected chi connectivity index (χ0v) is 21.1. The second-order valence-corrected chi connectivity index (χ2v) is 13.5. The van der Waals surface area contributed by atoms with Crippen molar-refractivity contribution in [2.75, 3.05) is 0 Å². The second-order valence-electron chi connectivity index (χ2n) is 7.21. The van der Waals surface area contributed by atoms with E-state index in [0.29, 0.717) is 5.75 Å². The molecular formula is C25H19F3O2SiZn. The van der Waals surface area contributed by atoms with E-state index < -0.39 is 37.9 Å². The number of alkyl halides is 3. The number of hydrogen-bond acceptors (Lipinski definition) is 2. The predicted octanol–water partition coefficient (Wildman–Crippen LogP) is 4.68. The van der Waals surface area contributed by atoms with Crippen molar-refractivity contribution in [3.63, 3.8) is 0 Å². The molecule has 4 aromatic carbocycles. The van der Waals surface area contributed by atoms with Crippen LogP contribution in [0, 0.1) is 0 Å². The molecule has 0 aromatic heterocycles. The molecule has 4 aromatic rings. The molecule has 0 saturated heterocycles. The van der Waals surface area contributed by atoms with Crippen molar-refractivity contribution in [2.24, 2.45) is 0 Å². The van der Waals surface area contributed by atoms with Gasteiger partial charge in [-0.2, -0.15) is 0 Å². The molecule has 158 valence electrons. The van der Waals surface area contributed by atoms with Crippen LogP contribution in [0.2, 0.25) is 0 Å². The number of benzene rings is 4. The first-order valence-corrected chi connectivity index (χ1v) is 14.4.